The quantitative estimate of drug-likeness (QED) is 0.742. The van der Waals surface area contributed by atoms with Crippen LogP contribution < -0.4 is 0 Å². The van der Waals surface area contributed by atoms with Crippen LogP contribution in [0.15, 0.2) is 30.3 Å². The summed E-state index contributed by atoms with van der Waals surface area (Å²) in [7, 11) is 0. The first-order valence-corrected chi connectivity index (χ1v) is 4.09. The minimum atomic E-state index is -0.435. The Morgan fingerprint density at radius 1 is 1.38 bits per heavy atom. The lowest BCUT2D eigenvalue weighted by Crippen LogP contribution is -1.91. The highest BCUT2D eigenvalue weighted by molar-refractivity contribution is 5.51. The second-order valence-electron chi connectivity index (χ2n) is 2.83. The van der Waals surface area contributed by atoms with E-state index in [1.54, 1.807) is 25.1 Å². The normalized spacial score (nSPS) is 12.7. The van der Waals surface area contributed by atoms with E-state index in [1.807, 2.05) is 24.3 Å². The highest BCUT2D eigenvalue weighted by atomic mass is 16.3. The van der Waals surface area contributed by atoms with Gasteiger partial charge in [-0.25, -0.2) is 0 Å². The van der Waals surface area contributed by atoms with Crippen LogP contribution in [0.2, 0.25) is 0 Å². The number of rotatable bonds is 2. The van der Waals surface area contributed by atoms with Crippen LogP contribution in [0.1, 0.15) is 18.1 Å². The van der Waals surface area contributed by atoms with Crippen molar-refractivity contribution in [3.63, 3.8) is 0 Å². The molecule has 0 radical (unpaired) electrons. The van der Waals surface area contributed by atoms with Gasteiger partial charge in [-0.05, 0) is 24.6 Å². The minimum Gasteiger partial charge on any atom is -0.389 e. The van der Waals surface area contributed by atoms with Crippen LogP contribution in [-0.4, -0.2) is 11.2 Å². The van der Waals surface area contributed by atoms with Crippen LogP contribution in [-0.2, 0) is 0 Å². The Kier molecular flexibility index (Phi) is 3.24. The van der Waals surface area contributed by atoms with Gasteiger partial charge in [-0.1, -0.05) is 24.3 Å². The summed E-state index contributed by atoms with van der Waals surface area (Å²) in [6, 6.07) is 9.24. The van der Waals surface area contributed by atoms with E-state index in [4.69, 9.17) is 10.4 Å². The van der Waals surface area contributed by atoms with Gasteiger partial charge in [-0.15, -0.1) is 0 Å². The number of hydrogen-bond acceptors (Lipinski definition) is 2. The van der Waals surface area contributed by atoms with Gasteiger partial charge in [-0.2, -0.15) is 5.26 Å². The lowest BCUT2D eigenvalue weighted by molar-refractivity contribution is 0.245. The Bertz CT molecular complexity index is 330. The molecular weight excluding hydrogens is 162 g/mol. The standard InChI is InChI=1S/C11H11NO/c1-9(13)2-3-10-4-6-11(8-12)7-5-10/h2-7,9,13H,1H3/b3-2+/t9-/m1/s1. The van der Waals surface area contributed by atoms with E-state index < -0.39 is 6.10 Å². The molecule has 0 amide bonds. The van der Waals surface area contributed by atoms with E-state index in [0.717, 1.165) is 5.56 Å². The first kappa shape index (κ1) is 9.50. The summed E-state index contributed by atoms with van der Waals surface area (Å²) in [5, 5.41) is 17.5. The van der Waals surface area contributed by atoms with Crippen molar-refractivity contribution in [2.24, 2.45) is 0 Å². The maximum Gasteiger partial charge on any atom is 0.0991 e. The maximum absolute atomic E-state index is 8.98. The van der Waals surface area contributed by atoms with Crippen LogP contribution in [0, 0.1) is 11.3 Å². The Labute approximate surface area is 77.8 Å². The van der Waals surface area contributed by atoms with Crippen LogP contribution in [0.3, 0.4) is 0 Å². The molecule has 0 aliphatic carbocycles. The molecule has 2 nitrogen and oxygen atoms in total. The Hall–Kier alpha value is -1.59. The molecule has 0 saturated carbocycles. The molecule has 1 rings (SSSR count). The highest BCUT2D eigenvalue weighted by Gasteiger charge is 1.90. The van der Waals surface area contributed by atoms with Crippen LogP contribution >= 0.6 is 0 Å². The molecule has 1 N–H and O–H groups in total. The minimum absolute atomic E-state index is 0.435. The predicted molar refractivity (Wildman–Crippen MR) is 51.9 cm³/mol. The smallest absolute Gasteiger partial charge is 0.0991 e. The van der Waals surface area contributed by atoms with Gasteiger partial charge in [0.25, 0.3) is 0 Å². The lowest BCUT2D eigenvalue weighted by atomic mass is 10.1. The summed E-state index contributed by atoms with van der Waals surface area (Å²) in [4.78, 5) is 0. The van der Waals surface area contributed by atoms with E-state index in [-0.39, 0.29) is 0 Å². The fourth-order valence-corrected chi connectivity index (χ4v) is 0.919. The number of nitriles is 1. The van der Waals surface area contributed by atoms with Crippen molar-refractivity contribution in [1.82, 2.24) is 0 Å². The summed E-state index contributed by atoms with van der Waals surface area (Å²) >= 11 is 0. The molecule has 1 aromatic rings. The maximum atomic E-state index is 8.98. The second-order valence-corrected chi connectivity index (χ2v) is 2.83. The zero-order chi connectivity index (χ0) is 9.68. The topological polar surface area (TPSA) is 44.0 Å². The molecule has 66 valence electrons. The number of aliphatic hydroxyl groups excluding tert-OH is 1. The van der Waals surface area contributed by atoms with Gasteiger partial charge in [0.2, 0.25) is 0 Å². The highest BCUT2D eigenvalue weighted by Crippen LogP contribution is 2.05. The molecule has 0 aromatic heterocycles. The molecule has 0 spiro atoms. The SMILES string of the molecule is C[C@@H](O)/C=C/c1ccc(C#N)cc1. The van der Waals surface area contributed by atoms with Crippen LogP contribution in [0.5, 0.6) is 0 Å². The summed E-state index contributed by atoms with van der Waals surface area (Å²) in [5.74, 6) is 0. The summed E-state index contributed by atoms with van der Waals surface area (Å²) in [6.45, 7) is 1.69. The third kappa shape index (κ3) is 3.10. The molecule has 2 heteroatoms. The molecule has 0 fully saturated rings. The second kappa shape index (κ2) is 4.44. The van der Waals surface area contributed by atoms with Crippen molar-refractivity contribution in [1.29, 1.82) is 5.26 Å². The fraction of sp³-hybridized carbons (Fsp3) is 0.182. The van der Waals surface area contributed by atoms with E-state index in [2.05, 4.69) is 0 Å². The van der Waals surface area contributed by atoms with E-state index in [1.165, 1.54) is 0 Å². The van der Waals surface area contributed by atoms with Crippen molar-refractivity contribution < 1.29 is 5.11 Å². The fourth-order valence-electron chi connectivity index (χ4n) is 0.919. The van der Waals surface area contributed by atoms with Crippen molar-refractivity contribution >= 4 is 6.08 Å². The Morgan fingerprint density at radius 3 is 2.46 bits per heavy atom. The lowest BCUT2D eigenvalue weighted by Gasteiger charge is -1.95. The zero-order valence-electron chi connectivity index (χ0n) is 7.44. The molecule has 0 aliphatic rings. The third-order valence-electron chi connectivity index (χ3n) is 1.61. The predicted octanol–water partition coefficient (Wildman–Crippen LogP) is 1.95. The van der Waals surface area contributed by atoms with Crippen molar-refractivity contribution in [2.45, 2.75) is 13.0 Å². The summed E-state index contributed by atoms with van der Waals surface area (Å²) < 4.78 is 0. The Morgan fingerprint density at radius 2 is 2.00 bits per heavy atom. The van der Waals surface area contributed by atoms with Gasteiger partial charge in [0.15, 0.2) is 0 Å². The molecule has 0 heterocycles. The van der Waals surface area contributed by atoms with Crippen molar-refractivity contribution in [2.75, 3.05) is 0 Å². The monoisotopic (exact) mass is 173 g/mol. The first-order chi connectivity index (χ1) is 6.22. The number of aliphatic hydroxyl groups is 1. The van der Waals surface area contributed by atoms with Gasteiger partial charge in [0.1, 0.15) is 0 Å². The average Bonchev–Trinajstić information content (AvgIpc) is 2.15. The van der Waals surface area contributed by atoms with Crippen molar-refractivity contribution in [3.05, 3.63) is 41.5 Å². The van der Waals surface area contributed by atoms with E-state index >= 15 is 0 Å². The van der Waals surface area contributed by atoms with Crippen LogP contribution in [0.25, 0.3) is 6.08 Å². The largest absolute Gasteiger partial charge is 0.389 e. The summed E-state index contributed by atoms with van der Waals surface area (Å²) in [5.41, 5.74) is 1.63. The third-order valence-corrected chi connectivity index (χ3v) is 1.61. The molecule has 1 aromatic carbocycles. The van der Waals surface area contributed by atoms with Gasteiger partial charge < -0.3 is 5.11 Å². The van der Waals surface area contributed by atoms with E-state index in [0.29, 0.717) is 5.56 Å². The number of benzene rings is 1. The van der Waals surface area contributed by atoms with Crippen molar-refractivity contribution in [3.8, 4) is 6.07 Å². The molecule has 13 heavy (non-hydrogen) atoms. The van der Waals surface area contributed by atoms with Gasteiger partial charge in [0, 0.05) is 0 Å². The molecular formula is C11H11NO. The molecule has 1 atom stereocenters. The molecule has 0 saturated heterocycles. The van der Waals surface area contributed by atoms with Gasteiger partial charge >= 0.3 is 0 Å². The average molecular weight is 173 g/mol. The molecule has 0 unspecified atom stereocenters. The molecule has 0 aliphatic heterocycles. The summed E-state index contributed by atoms with van der Waals surface area (Å²) in [6.07, 6.45) is 3.09. The molecule has 0 bridgehead atoms. The number of nitrogens with zero attached hydrogens (tertiary/aromatic N) is 1. The number of hydrogen-bond donors (Lipinski definition) is 1. The van der Waals surface area contributed by atoms with Gasteiger partial charge in [-0.3, -0.25) is 0 Å². The Balaban J connectivity index is 2.76. The van der Waals surface area contributed by atoms with Crippen LogP contribution in [0.4, 0.5) is 0 Å². The zero-order valence-corrected chi connectivity index (χ0v) is 7.44. The first-order valence-electron chi connectivity index (χ1n) is 4.09. The van der Waals surface area contributed by atoms with E-state index in [9.17, 15) is 0 Å². The van der Waals surface area contributed by atoms with Gasteiger partial charge in [0.05, 0.1) is 17.7 Å².